The van der Waals surface area contributed by atoms with Crippen LogP contribution < -0.4 is 14.4 Å². The number of benzene rings is 2. The van der Waals surface area contributed by atoms with E-state index in [4.69, 9.17) is 23.9 Å². The van der Waals surface area contributed by atoms with Crippen molar-refractivity contribution in [2.24, 2.45) is 0 Å². The molecule has 2 heterocycles. The SMILES string of the molecule is COCCN(CCOC)S(=O)(=O)c1ccc(C(=O)N(Cc2cccnc2)c2nc3c(OC)ccc(OC)c3s2)cc1. The van der Waals surface area contributed by atoms with Crippen LogP contribution in [0.2, 0.25) is 0 Å². The summed E-state index contributed by atoms with van der Waals surface area (Å²) in [5.41, 5.74) is 1.67. The number of aromatic nitrogens is 2. The molecule has 0 saturated carbocycles. The summed E-state index contributed by atoms with van der Waals surface area (Å²) in [4.78, 5) is 24.4. The van der Waals surface area contributed by atoms with Gasteiger partial charge in [-0.2, -0.15) is 4.31 Å². The second kappa shape index (κ2) is 13.8. The molecule has 4 aromatic rings. The average Bonchev–Trinajstić information content (AvgIpc) is 3.45. The molecule has 0 fully saturated rings. The molecular weight excluding hydrogens is 568 g/mol. The molecule has 0 aliphatic rings. The number of carbonyl (C=O) groups excluding carboxylic acids is 1. The van der Waals surface area contributed by atoms with Gasteiger partial charge in [0.1, 0.15) is 21.7 Å². The summed E-state index contributed by atoms with van der Waals surface area (Å²) in [5, 5.41) is 0.429. The number of fused-ring (bicyclic) bond motifs is 1. The molecule has 0 radical (unpaired) electrons. The minimum absolute atomic E-state index is 0.0644. The van der Waals surface area contributed by atoms with Crippen molar-refractivity contribution in [2.45, 2.75) is 11.4 Å². The Morgan fingerprint density at radius 2 is 1.56 bits per heavy atom. The van der Waals surface area contributed by atoms with Crippen LogP contribution in [-0.2, 0) is 26.0 Å². The smallest absolute Gasteiger partial charge is 0.260 e. The van der Waals surface area contributed by atoms with Crippen molar-refractivity contribution in [1.82, 2.24) is 14.3 Å². The van der Waals surface area contributed by atoms with E-state index in [-0.39, 0.29) is 43.7 Å². The Kier molecular flexibility index (Phi) is 10.2. The van der Waals surface area contributed by atoms with E-state index in [1.807, 2.05) is 6.07 Å². The number of sulfonamides is 1. The van der Waals surface area contributed by atoms with Gasteiger partial charge in [-0.15, -0.1) is 0 Å². The molecule has 0 aliphatic heterocycles. The predicted molar refractivity (Wildman–Crippen MR) is 156 cm³/mol. The number of methoxy groups -OCH3 is 4. The van der Waals surface area contributed by atoms with Crippen LogP contribution >= 0.6 is 11.3 Å². The molecule has 2 aromatic heterocycles. The lowest BCUT2D eigenvalue weighted by atomic mass is 10.2. The number of thiazole rings is 1. The van der Waals surface area contributed by atoms with Crippen molar-refractivity contribution in [1.29, 1.82) is 0 Å². The first-order valence-electron chi connectivity index (χ1n) is 12.6. The lowest BCUT2D eigenvalue weighted by Crippen LogP contribution is -2.36. The molecule has 0 aliphatic carbocycles. The maximum Gasteiger partial charge on any atom is 0.260 e. The zero-order chi connectivity index (χ0) is 29.4. The molecular formula is C28H32N4O7S2. The first-order chi connectivity index (χ1) is 19.8. The number of pyridine rings is 1. The number of carbonyl (C=O) groups is 1. The Hall–Kier alpha value is -3.62. The molecule has 0 unspecified atom stereocenters. The predicted octanol–water partition coefficient (Wildman–Crippen LogP) is 3.84. The molecule has 218 valence electrons. The summed E-state index contributed by atoms with van der Waals surface area (Å²) in [6.07, 6.45) is 3.34. The fourth-order valence-corrected chi connectivity index (χ4v) is 6.58. The zero-order valence-corrected chi connectivity index (χ0v) is 24.9. The average molecular weight is 601 g/mol. The van der Waals surface area contributed by atoms with Gasteiger partial charge in [0.15, 0.2) is 5.13 Å². The molecule has 11 nitrogen and oxygen atoms in total. The maximum atomic E-state index is 13.9. The van der Waals surface area contributed by atoms with Crippen LogP contribution in [0.15, 0.2) is 65.8 Å². The molecule has 13 heteroatoms. The van der Waals surface area contributed by atoms with E-state index >= 15 is 0 Å². The van der Waals surface area contributed by atoms with E-state index in [1.165, 1.54) is 59.0 Å². The monoisotopic (exact) mass is 600 g/mol. The van der Waals surface area contributed by atoms with E-state index in [9.17, 15) is 13.2 Å². The van der Waals surface area contributed by atoms with Gasteiger partial charge in [-0.05, 0) is 48.0 Å². The van der Waals surface area contributed by atoms with Gasteiger partial charge in [0.05, 0.1) is 38.9 Å². The molecule has 41 heavy (non-hydrogen) atoms. The van der Waals surface area contributed by atoms with Crippen molar-refractivity contribution in [2.75, 3.05) is 59.6 Å². The van der Waals surface area contributed by atoms with Crippen LogP contribution in [0.3, 0.4) is 0 Å². The highest BCUT2D eigenvalue weighted by molar-refractivity contribution is 7.89. The second-order valence-electron chi connectivity index (χ2n) is 8.81. The van der Waals surface area contributed by atoms with E-state index in [0.29, 0.717) is 27.7 Å². The normalized spacial score (nSPS) is 11.6. The molecule has 4 rings (SSSR count). The molecule has 0 atom stereocenters. The van der Waals surface area contributed by atoms with Gasteiger partial charge in [0.25, 0.3) is 5.91 Å². The largest absolute Gasteiger partial charge is 0.495 e. The van der Waals surface area contributed by atoms with Crippen LogP contribution in [0, 0.1) is 0 Å². The third-order valence-electron chi connectivity index (χ3n) is 6.27. The fraction of sp³-hybridized carbons (Fsp3) is 0.321. The highest BCUT2D eigenvalue weighted by atomic mass is 32.2. The number of amides is 1. The minimum atomic E-state index is -3.84. The summed E-state index contributed by atoms with van der Waals surface area (Å²) < 4.78 is 49.9. The molecule has 0 saturated heterocycles. The number of anilines is 1. The Bertz CT molecular complexity index is 1510. The maximum absolute atomic E-state index is 13.9. The Labute approximate surface area is 243 Å². The van der Waals surface area contributed by atoms with Gasteiger partial charge in [0.2, 0.25) is 10.0 Å². The first kappa shape index (κ1) is 30.3. The standard InChI is InChI=1S/C28H32N4O7S2/c1-36-16-14-31(15-17-37-2)41(34,35)22-9-7-21(8-10-22)27(33)32(19-20-6-5-13-29-18-20)28-30-25-23(38-3)11-12-24(39-4)26(25)40-28/h5-13,18H,14-17,19H2,1-4H3. The van der Waals surface area contributed by atoms with E-state index in [1.54, 1.807) is 44.8 Å². The van der Waals surface area contributed by atoms with Crippen molar-refractivity contribution >= 4 is 42.6 Å². The summed E-state index contributed by atoms with van der Waals surface area (Å²) >= 11 is 1.30. The fourth-order valence-electron chi connectivity index (χ4n) is 4.10. The number of hydrogen-bond acceptors (Lipinski definition) is 10. The van der Waals surface area contributed by atoms with Gasteiger partial charge >= 0.3 is 0 Å². The van der Waals surface area contributed by atoms with Crippen LogP contribution in [0.1, 0.15) is 15.9 Å². The number of ether oxygens (including phenoxy) is 4. The van der Waals surface area contributed by atoms with Gasteiger partial charge in [-0.3, -0.25) is 14.7 Å². The van der Waals surface area contributed by atoms with Gasteiger partial charge in [-0.25, -0.2) is 13.4 Å². The minimum Gasteiger partial charge on any atom is -0.495 e. The molecule has 0 bridgehead atoms. The summed E-state index contributed by atoms with van der Waals surface area (Å²) in [6, 6.07) is 13.1. The number of nitrogens with zero attached hydrogens (tertiary/aromatic N) is 4. The first-order valence-corrected chi connectivity index (χ1v) is 14.9. The molecule has 2 aromatic carbocycles. The van der Waals surface area contributed by atoms with Gasteiger partial charge in [-0.1, -0.05) is 17.4 Å². The van der Waals surface area contributed by atoms with Crippen LogP contribution in [0.5, 0.6) is 11.5 Å². The summed E-state index contributed by atoms with van der Waals surface area (Å²) in [7, 11) is 2.31. The molecule has 0 N–H and O–H groups in total. The lowest BCUT2D eigenvalue weighted by molar-refractivity contribution is 0.0985. The van der Waals surface area contributed by atoms with Crippen molar-refractivity contribution < 1.29 is 32.2 Å². The lowest BCUT2D eigenvalue weighted by Gasteiger charge is -2.22. The van der Waals surface area contributed by atoms with Gasteiger partial charge in [0, 0.05) is 45.3 Å². The molecule has 1 amide bonds. The van der Waals surface area contributed by atoms with E-state index in [2.05, 4.69) is 4.98 Å². The van der Waals surface area contributed by atoms with Crippen molar-refractivity contribution in [3.05, 3.63) is 72.1 Å². The Morgan fingerprint density at radius 1 is 0.902 bits per heavy atom. The molecule has 0 spiro atoms. The second-order valence-corrected chi connectivity index (χ2v) is 11.7. The third kappa shape index (κ3) is 6.82. The highest BCUT2D eigenvalue weighted by Crippen LogP contribution is 2.40. The van der Waals surface area contributed by atoms with Gasteiger partial charge < -0.3 is 18.9 Å². The van der Waals surface area contributed by atoms with Crippen LogP contribution in [0.25, 0.3) is 10.2 Å². The van der Waals surface area contributed by atoms with Crippen LogP contribution in [0.4, 0.5) is 5.13 Å². The third-order valence-corrected chi connectivity index (χ3v) is 9.27. The Morgan fingerprint density at radius 3 is 2.15 bits per heavy atom. The van der Waals surface area contributed by atoms with Crippen LogP contribution in [-0.4, -0.2) is 83.3 Å². The quantitative estimate of drug-likeness (QED) is 0.213. The highest BCUT2D eigenvalue weighted by Gasteiger charge is 2.27. The topological polar surface area (TPSA) is 120 Å². The zero-order valence-electron chi connectivity index (χ0n) is 23.3. The van der Waals surface area contributed by atoms with Crippen molar-refractivity contribution in [3.63, 3.8) is 0 Å². The van der Waals surface area contributed by atoms with E-state index in [0.717, 1.165) is 10.3 Å². The summed E-state index contributed by atoms with van der Waals surface area (Å²) in [6.45, 7) is 1.01. The van der Waals surface area contributed by atoms with Crippen molar-refractivity contribution in [3.8, 4) is 11.5 Å². The Balaban J connectivity index is 1.70. The number of rotatable bonds is 14. The van der Waals surface area contributed by atoms with E-state index < -0.39 is 10.0 Å². The number of hydrogen-bond donors (Lipinski definition) is 0. The summed E-state index contributed by atoms with van der Waals surface area (Å²) in [5.74, 6) is 0.808.